The van der Waals surface area contributed by atoms with Crippen molar-refractivity contribution < 1.29 is 27.8 Å². The van der Waals surface area contributed by atoms with Crippen LogP contribution in [0.3, 0.4) is 0 Å². The number of amides is 1. The second-order valence-electron chi connectivity index (χ2n) is 8.48. The Bertz CT molecular complexity index is 913. The largest absolute Gasteiger partial charge is 0.444 e. The molecule has 2 aromatic heterocycles. The molecule has 11 heteroatoms. The van der Waals surface area contributed by atoms with Gasteiger partial charge in [-0.05, 0) is 39.7 Å². The summed E-state index contributed by atoms with van der Waals surface area (Å²) in [5, 5.41) is 13.8. The number of hydrogen-bond acceptors (Lipinski definition) is 7. The standard InChI is InChI=1S/C19H25F3N4O3S/c1-18(2,3)29-17(28)25-10-5-13(14(27)6-10)26(4)15-12-7-11(8-19(20,21)22)30-16(12)24-9-23-15/h7,9-10,13-14,27H,5-6,8H2,1-4H3,(H,25,28)/t10-,13+,14-/m1/s1. The number of aromatic nitrogens is 2. The second-order valence-corrected chi connectivity index (χ2v) is 9.60. The number of rotatable bonds is 4. The number of anilines is 1. The summed E-state index contributed by atoms with van der Waals surface area (Å²) in [4.78, 5) is 22.7. The van der Waals surface area contributed by atoms with E-state index in [2.05, 4.69) is 15.3 Å². The minimum Gasteiger partial charge on any atom is -0.444 e. The van der Waals surface area contributed by atoms with Crippen LogP contribution in [-0.2, 0) is 11.2 Å². The van der Waals surface area contributed by atoms with Gasteiger partial charge in [0.1, 0.15) is 22.6 Å². The van der Waals surface area contributed by atoms with E-state index in [-0.39, 0.29) is 17.0 Å². The number of halogens is 3. The van der Waals surface area contributed by atoms with Crippen LogP contribution in [0.2, 0.25) is 0 Å². The Hall–Kier alpha value is -2.14. The van der Waals surface area contributed by atoms with E-state index >= 15 is 0 Å². The van der Waals surface area contributed by atoms with Crippen LogP contribution < -0.4 is 10.2 Å². The summed E-state index contributed by atoms with van der Waals surface area (Å²) in [7, 11) is 1.73. The SMILES string of the molecule is CN(c1ncnc2sc(CC(F)(F)F)cc12)[C@H]1C[C@@H](NC(=O)OC(C)(C)C)C[C@H]1O. The summed E-state index contributed by atoms with van der Waals surface area (Å²) in [6.45, 7) is 5.29. The van der Waals surface area contributed by atoms with Crippen molar-refractivity contribution in [1.29, 1.82) is 0 Å². The van der Waals surface area contributed by atoms with Crippen molar-refractivity contribution in [2.75, 3.05) is 11.9 Å². The number of aliphatic hydroxyl groups excluding tert-OH is 1. The van der Waals surface area contributed by atoms with Gasteiger partial charge in [0.25, 0.3) is 0 Å². The van der Waals surface area contributed by atoms with Crippen molar-refractivity contribution in [1.82, 2.24) is 15.3 Å². The fourth-order valence-electron chi connectivity index (χ4n) is 3.62. The molecule has 1 aliphatic carbocycles. The predicted molar refractivity (Wildman–Crippen MR) is 108 cm³/mol. The number of aliphatic hydroxyl groups is 1. The molecule has 2 N–H and O–H groups in total. The molecule has 3 rings (SSSR count). The highest BCUT2D eigenvalue weighted by Gasteiger charge is 2.38. The number of alkyl halides is 3. The van der Waals surface area contributed by atoms with Crippen molar-refractivity contribution >= 4 is 33.5 Å². The summed E-state index contributed by atoms with van der Waals surface area (Å²) < 4.78 is 43.5. The zero-order valence-corrected chi connectivity index (χ0v) is 18.0. The fraction of sp³-hybridized carbons (Fsp3) is 0.632. The first-order valence-corrected chi connectivity index (χ1v) is 10.3. The van der Waals surface area contributed by atoms with E-state index in [9.17, 15) is 23.1 Å². The number of carbonyl (C=O) groups is 1. The Labute approximate surface area is 176 Å². The van der Waals surface area contributed by atoms with Crippen LogP contribution in [0.25, 0.3) is 10.2 Å². The Morgan fingerprint density at radius 1 is 1.33 bits per heavy atom. The van der Waals surface area contributed by atoms with E-state index in [1.165, 1.54) is 12.4 Å². The maximum Gasteiger partial charge on any atom is 0.407 e. The monoisotopic (exact) mass is 446 g/mol. The zero-order chi connectivity index (χ0) is 22.3. The summed E-state index contributed by atoms with van der Waals surface area (Å²) in [6, 6.07) is 0.800. The van der Waals surface area contributed by atoms with Crippen molar-refractivity contribution in [3.05, 3.63) is 17.3 Å². The minimum absolute atomic E-state index is 0.157. The second kappa shape index (κ2) is 8.18. The molecule has 3 atom stereocenters. The topological polar surface area (TPSA) is 87.6 Å². The third-order valence-corrected chi connectivity index (χ3v) is 5.83. The highest BCUT2D eigenvalue weighted by molar-refractivity contribution is 7.18. The van der Waals surface area contributed by atoms with Gasteiger partial charge in [0.2, 0.25) is 0 Å². The van der Waals surface area contributed by atoms with Crippen LogP contribution in [0.5, 0.6) is 0 Å². The molecule has 0 saturated heterocycles. The molecule has 7 nitrogen and oxygen atoms in total. The number of likely N-dealkylation sites (N-methyl/N-ethyl adjacent to an activating group) is 1. The number of nitrogens with one attached hydrogen (secondary N) is 1. The van der Waals surface area contributed by atoms with Gasteiger partial charge in [-0.2, -0.15) is 13.2 Å². The van der Waals surface area contributed by atoms with Crippen molar-refractivity contribution in [2.45, 2.75) is 70.0 Å². The normalized spacial score (nSPS) is 22.3. The van der Waals surface area contributed by atoms with E-state index in [1.54, 1.807) is 32.7 Å². The van der Waals surface area contributed by atoms with Gasteiger partial charge < -0.3 is 20.1 Å². The number of alkyl carbamates (subject to hydrolysis) is 1. The molecule has 2 aromatic rings. The number of thiophene rings is 1. The van der Waals surface area contributed by atoms with E-state index in [0.717, 1.165) is 11.3 Å². The van der Waals surface area contributed by atoms with Crippen molar-refractivity contribution in [2.24, 2.45) is 0 Å². The van der Waals surface area contributed by atoms with Crippen LogP contribution >= 0.6 is 11.3 Å². The first-order chi connectivity index (χ1) is 13.8. The lowest BCUT2D eigenvalue weighted by Crippen LogP contribution is -2.40. The molecule has 0 bridgehead atoms. The highest BCUT2D eigenvalue weighted by Crippen LogP contribution is 2.36. The summed E-state index contributed by atoms with van der Waals surface area (Å²) >= 11 is 0.979. The maximum atomic E-state index is 12.8. The molecule has 30 heavy (non-hydrogen) atoms. The van der Waals surface area contributed by atoms with E-state index < -0.39 is 30.4 Å². The fourth-order valence-corrected chi connectivity index (χ4v) is 4.64. The molecule has 166 valence electrons. The van der Waals surface area contributed by atoms with Gasteiger partial charge in [-0.1, -0.05) is 0 Å². The molecule has 2 heterocycles. The van der Waals surface area contributed by atoms with E-state index in [4.69, 9.17) is 4.74 Å². The molecule has 0 spiro atoms. The van der Waals surface area contributed by atoms with Crippen LogP contribution in [0.1, 0.15) is 38.5 Å². The molecular formula is C19H25F3N4O3S. The number of fused-ring (bicyclic) bond motifs is 1. The lowest BCUT2D eigenvalue weighted by Gasteiger charge is -2.28. The highest BCUT2D eigenvalue weighted by atomic mass is 32.1. The molecule has 0 unspecified atom stereocenters. The molecule has 1 amide bonds. The summed E-state index contributed by atoms with van der Waals surface area (Å²) in [6.07, 6.45) is -4.53. The molecule has 0 aromatic carbocycles. The Balaban J connectivity index is 1.75. The first kappa shape index (κ1) is 22.5. The van der Waals surface area contributed by atoms with Gasteiger partial charge in [0.15, 0.2) is 0 Å². The lowest BCUT2D eigenvalue weighted by molar-refractivity contribution is -0.126. The molecule has 0 aliphatic heterocycles. The van der Waals surface area contributed by atoms with E-state index in [0.29, 0.717) is 28.9 Å². The Kier molecular flexibility index (Phi) is 6.15. The smallest absolute Gasteiger partial charge is 0.407 e. The summed E-state index contributed by atoms with van der Waals surface area (Å²) in [5.41, 5.74) is -0.628. The molecule has 1 aliphatic rings. The van der Waals surface area contributed by atoms with Crippen molar-refractivity contribution in [3.63, 3.8) is 0 Å². The molecule has 0 radical (unpaired) electrons. The quantitative estimate of drug-likeness (QED) is 0.746. The maximum absolute atomic E-state index is 12.8. The third kappa shape index (κ3) is 5.51. The van der Waals surface area contributed by atoms with Crippen LogP contribution in [0, 0.1) is 0 Å². The Morgan fingerprint density at radius 2 is 2.03 bits per heavy atom. The number of ether oxygens (including phenoxy) is 1. The zero-order valence-electron chi connectivity index (χ0n) is 17.2. The average molecular weight is 446 g/mol. The van der Waals surface area contributed by atoms with Crippen LogP contribution in [0.4, 0.5) is 23.8 Å². The molecular weight excluding hydrogens is 421 g/mol. The van der Waals surface area contributed by atoms with Crippen LogP contribution in [0.15, 0.2) is 12.4 Å². The number of carbonyl (C=O) groups excluding carboxylic acids is 1. The van der Waals surface area contributed by atoms with Gasteiger partial charge in [0, 0.05) is 18.0 Å². The van der Waals surface area contributed by atoms with Gasteiger partial charge in [-0.25, -0.2) is 14.8 Å². The van der Waals surface area contributed by atoms with Gasteiger partial charge in [-0.15, -0.1) is 11.3 Å². The predicted octanol–water partition coefficient (Wildman–Crippen LogP) is 3.65. The lowest BCUT2D eigenvalue weighted by atomic mass is 10.1. The Morgan fingerprint density at radius 3 is 2.67 bits per heavy atom. The number of hydrogen-bond donors (Lipinski definition) is 2. The van der Waals surface area contributed by atoms with Crippen LogP contribution in [-0.4, -0.2) is 58.2 Å². The van der Waals surface area contributed by atoms with Gasteiger partial charge in [-0.3, -0.25) is 0 Å². The van der Waals surface area contributed by atoms with Gasteiger partial charge >= 0.3 is 12.3 Å². The van der Waals surface area contributed by atoms with Gasteiger partial charge in [0.05, 0.1) is 24.0 Å². The first-order valence-electron chi connectivity index (χ1n) is 9.53. The molecule has 1 saturated carbocycles. The average Bonchev–Trinajstić information content (AvgIpc) is 3.12. The van der Waals surface area contributed by atoms with E-state index in [1.807, 2.05) is 0 Å². The minimum atomic E-state index is -4.30. The summed E-state index contributed by atoms with van der Waals surface area (Å²) in [5.74, 6) is 0.451. The molecule has 1 fully saturated rings. The van der Waals surface area contributed by atoms with Crippen molar-refractivity contribution in [3.8, 4) is 0 Å². The third-order valence-electron chi connectivity index (χ3n) is 4.78. The number of nitrogens with zero attached hydrogens (tertiary/aromatic N) is 3.